The summed E-state index contributed by atoms with van der Waals surface area (Å²) in [6.07, 6.45) is 5.92. The van der Waals surface area contributed by atoms with Crippen LogP contribution in [0, 0.1) is 0 Å². The van der Waals surface area contributed by atoms with Crippen LogP contribution in [0.2, 0.25) is 0 Å². The first-order valence-corrected chi connectivity index (χ1v) is 9.21. The van der Waals surface area contributed by atoms with Crippen molar-refractivity contribution in [1.29, 1.82) is 0 Å². The summed E-state index contributed by atoms with van der Waals surface area (Å²) in [6, 6.07) is 4.85. The highest BCUT2D eigenvalue weighted by molar-refractivity contribution is 9.11. The highest BCUT2D eigenvalue weighted by Gasteiger charge is 2.19. The number of ether oxygens (including phenoxy) is 1. The van der Waals surface area contributed by atoms with Crippen molar-refractivity contribution in [2.45, 2.75) is 38.1 Å². The van der Waals surface area contributed by atoms with Crippen LogP contribution >= 0.6 is 31.9 Å². The second-order valence-electron chi connectivity index (χ2n) is 5.69. The molecule has 1 aliphatic rings. The molecule has 0 spiro atoms. The fourth-order valence-electron chi connectivity index (χ4n) is 2.87. The molecule has 1 aromatic carbocycles. The SMILES string of the molecule is CN1CCCCC1CCOc1c(Br)cc(CCN)cc1Br. The van der Waals surface area contributed by atoms with E-state index in [4.69, 9.17) is 10.5 Å². The minimum absolute atomic E-state index is 0.660. The Bertz CT molecular complexity index is 445. The molecule has 0 aliphatic carbocycles. The first-order chi connectivity index (χ1) is 10.1. The van der Waals surface area contributed by atoms with Crippen LogP contribution in [0.4, 0.5) is 0 Å². The van der Waals surface area contributed by atoms with E-state index in [0.717, 1.165) is 34.1 Å². The molecule has 1 aromatic rings. The molecule has 1 heterocycles. The molecule has 0 bridgehead atoms. The predicted molar refractivity (Wildman–Crippen MR) is 95.0 cm³/mol. The first kappa shape index (κ1) is 17.3. The van der Waals surface area contributed by atoms with Crippen molar-refractivity contribution >= 4 is 31.9 Å². The maximum absolute atomic E-state index is 6.00. The monoisotopic (exact) mass is 418 g/mol. The third kappa shape index (κ3) is 4.95. The van der Waals surface area contributed by atoms with Gasteiger partial charge in [-0.1, -0.05) is 6.42 Å². The largest absolute Gasteiger partial charge is 0.491 e. The molecule has 3 nitrogen and oxygen atoms in total. The zero-order chi connectivity index (χ0) is 15.2. The highest BCUT2D eigenvalue weighted by atomic mass is 79.9. The Morgan fingerprint density at radius 1 is 1.29 bits per heavy atom. The van der Waals surface area contributed by atoms with Gasteiger partial charge >= 0.3 is 0 Å². The molecule has 1 aliphatic heterocycles. The van der Waals surface area contributed by atoms with Gasteiger partial charge in [0, 0.05) is 6.04 Å². The maximum atomic E-state index is 6.00. The number of hydrogen-bond acceptors (Lipinski definition) is 3. The summed E-state index contributed by atoms with van der Waals surface area (Å²) >= 11 is 7.20. The van der Waals surface area contributed by atoms with Crippen LogP contribution in [0.5, 0.6) is 5.75 Å². The van der Waals surface area contributed by atoms with Gasteiger partial charge in [0.2, 0.25) is 0 Å². The van der Waals surface area contributed by atoms with E-state index < -0.39 is 0 Å². The average molecular weight is 420 g/mol. The van der Waals surface area contributed by atoms with Crippen LogP contribution in [-0.4, -0.2) is 37.7 Å². The summed E-state index contributed by atoms with van der Waals surface area (Å²) in [6.45, 7) is 2.63. The predicted octanol–water partition coefficient (Wildman–Crippen LogP) is 3.97. The van der Waals surface area contributed by atoms with Gasteiger partial charge in [0.05, 0.1) is 15.6 Å². The van der Waals surface area contributed by atoms with Gasteiger partial charge in [-0.05, 0) is 95.4 Å². The van der Waals surface area contributed by atoms with E-state index in [2.05, 4.69) is 55.9 Å². The number of rotatable bonds is 6. The number of halogens is 2. The molecule has 0 saturated carbocycles. The lowest BCUT2D eigenvalue weighted by atomic mass is 10.0. The third-order valence-electron chi connectivity index (χ3n) is 4.11. The molecule has 0 aromatic heterocycles. The maximum Gasteiger partial charge on any atom is 0.147 e. The number of hydrogen-bond donors (Lipinski definition) is 1. The number of nitrogens with zero attached hydrogens (tertiary/aromatic N) is 1. The van der Waals surface area contributed by atoms with Gasteiger partial charge < -0.3 is 15.4 Å². The van der Waals surface area contributed by atoms with Gasteiger partial charge in [-0.15, -0.1) is 0 Å². The molecule has 2 N–H and O–H groups in total. The van der Waals surface area contributed by atoms with Crippen LogP contribution < -0.4 is 10.5 Å². The number of piperidine rings is 1. The van der Waals surface area contributed by atoms with Crippen LogP contribution in [0.25, 0.3) is 0 Å². The van der Waals surface area contributed by atoms with E-state index in [1.807, 2.05) is 0 Å². The molecular weight excluding hydrogens is 396 g/mol. The lowest BCUT2D eigenvalue weighted by Gasteiger charge is -2.32. The second kappa shape index (κ2) is 8.51. The van der Waals surface area contributed by atoms with Gasteiger partial charge in [0.15, 0.2) is 0 Å². The van der Waals surface area contributed by atoms with Gasteiger partial charge in [0.1, 0.15) is 5.75 Å². The number of likely N-dealkylation sites (tertiary alicyclic amines) is 1. The lowest BCUT2D eigenvalue weighted by Crippen LogP contribution is -2.37. The van der Waals surface area contributed by atoms with E-state index >= 15 is 0 Å². The summed E-state index contributed by atoms with van der Waals surface area (Å²) in [4.78, 5) is 2.46. The van der Waals surface area contributed by atoms with Gasteiger partial charge in [-0.25, -0.2) is 0 Å². The van der Waals surface area contributed by atoms with E-state index in [0.29, 0.717) is 12.6 Å². The van der Waals surface area contributed by atoms with Crippen LogP contribution in [-0.2, 0) is 6.42 Å². The van der Waals surface area contributed by atoms with Crippen molar-refractivity contribution in [3.05, 3.63) is 26.6 Å². The minimum Gasteiger partial charge on any atom is -0.491 e. The minimum atomic E-state index is 0.660. The standard InChI is InChI=1S/C16H24Br2N2O/c1-20-8-3-2-4-13(20)6-9-21-16-14(17)10-12(5-7-19)11-15(16)18/h10-11,13H,2-9,19H2,1H3. The molecule has 118 valence electrons. The third-order valence-corrected chi connectivity index (χ3v) is 5.29. The Hall–Kier alpha value is -0.100. The molecule has 2 rings (SSSR count). The molecule has 21 heavy (non-hydrogen) atoms. The van der Waals surface area contributed by atoms with Gasteiger partial charge in [-0.3, -0.25) is 0 Å². The Labute approximate surface area is 144 Å². The van der Waals surface area contributed by atoms with Crippen LogP contribution in [0.15, 0.2) is 21.1 Å². The normalized spacial score (nSPS) is 19.7. The zero-order valence-corrected chi connectivity index (χ0v) is 15.7. The van der Waals surface area contributed by atoms with Gasteiger partial charge in [-0.2, -0.15) is 0 Å². The molecule has 1 atom stereocenters. The van der Waals surface area contributed by atoms with E-state index in [9.17, 15) is 0 Å². The molecular formula is C16H24Br2N2O. The number of nitrogens with two attached hydrogens (primary N) is 1. The van der Waals surface area contributed by atoms with Crippen molar-refractivity contribution in [2.24, 2.45) is 5.73 Å². The van der Waals surface area contributed by atoms with Crippen molar-refractivity contribution < 1.29 is 4.74 Å². The Morgan fingerprint density at radius 3 is 2.62 bits per heavy atom. The zero-order valence-electron chi connectivity index (χ0n) is 12.6. The molecule has 0 radical (unpaired) electrons. The molecule has 5 heteroatoms. The number of benzene rings is 1. The smallest absolute Gasteiger partial charge is 0.147 e. The summed E-state index contributed by atoms with van der Waals surface area (Å²) in [5.74, 6) is 0.897. The fraction of sp³-hybridized carbons (Fsp3) is 0.625. The first-order valence-electron chi connectivity index (χ1n) is 7.63. The van der Waals surface area contributed by atoms with Crippen LogP contribution in [0.1, 0.15) is 31.2 Å². The Kier molecular flexibility index (Phi) is 6.99. The van der Waals surface area contributed by atoms with Gasteiger partial charge in [0.25, 0.3) is 0 Å². The quantitative estimate of drug-likeness (QED) is 0.758. The lowest BCUT2D eigenvalue weighted by molar-refractivity contribution is 0.152. The summed E-state index contributed by atoms with van der Waals surface area (Å²) in [7, 11) is 2.22. The molecule has 1 unspecified atom stereocenters. The highest BCUT2D eigenvalue weighted by Crippen LogP contribution is 2.35. The summed E-state index contributed by atoms with van der Waals surface area (Å²) in [5.41, 5.74) is 6.83. The Balaban J connectivity index is 1.90. The Morgan fingerprint density at radius 2 is 2.00 bits per heavy atom. The topological polar surface area (TPSA) is 38.5 Å². The summed E-state index contributed by atoms with van der Waals surface area (Å²) in [5, 5.41) is 0. The molecule has 1 saturated heterocycles. The van der Waals surface area contributed by atoms with E-state index in [1.54, 1.807) is 0 Å². The molecule has 1 fully saturated rings. The summed E-state index contributed by atoms with van der Waals surface area (Å²) < 4.78 is 8.00. The van der Waals surface area contributed by atoms with E-state index in [1.165, 1.54) is 31.4 Å². The average Bonchev–Trinajstić information content (AvgIpc) is 2.44. The molecule has 0 amide bonds. The second-order valence-corrected chi connectivity index (χ2v) is 7.40. The van der Waals surface area contributed by atoms with Crippen LogP contribution in [0.3, 0.4) is 0 Å². The van der Waals surface area contributed by atoms with E-state index in [-0.39, 0.29) is 0 Å². The van der Waals surface area contributed by atoms with Crippen molar-refractivity contribution in [3.63, 3.8) is 0 Å². The van der Waals surface area contributed by atoms with Crippen molar-refractivity contribution in [3.8, 4) is 5.75 Å². The van der Waals surface area contributed by atoms with Crippen molar-refractivity contribution in [1.82, 2.24) is 4.90 Å². The fourth-order valence-corrected chi connectivity index (χ4v) is 4.38. The van der Waals surface area contributed by atoms with Crippen molar-refractivity contribution in [2.75, 3.05) is 26.7 Å².